The molecule has 0 fully saturated rings. The fourth-order valence-corrected chi connectivity index (χ4v) is 2.62. The third kappa shape index (κ3) is 2.13. The van der Waals surface area contributed by atoms with Crippen molar-refractivity contribution in [3.63, 3.8) is 0 Å². The summed E-state index contributed by atoms with van der Waals surface area (Å²) in [6, 6.07) is 6.46. The second-order valence-corrected chi connectivity index (χ2v) is 7.58. The fraction of sp³-hybridized carbons (Fsp3) is 0.364. The van der Waals surface area contributed by atoms with E-state index in [9.17, 15) is 8.42 Å². The van der Waals surface area contributed by atoms with Gasteiger partial charge in [0.15, 0.2) is 9.84 Å². The van der Waals surface area contributed by atoms with Gasteiger partial charge in [0, 0.05) is 5.56 Å². The van der Waals surface area contributed by atoms with Crippen LogP contribution in [-0.2, 0) is 9.84 Å². The minimum absolute atomic E-state index is 0.294. The van der Waals surface area contributed by atoms with Crippen LogP contribution in [0.1, 0.15) is 20.8 Å². The Kier molecular flexibility index (Phi) is 2.94. The highest BCUT2D eigenvalue weighted by molar-refractivity contribution is 7.92. The molecule has 0 unspecified atom stereocenters. The van der Waals surface area contributed by atoms with Crippen LogP contribution < -0.4 is 0 Å². The van der Waals surface area contributed by atoms with Crippen molar-refractivity contribution in [2.45, 2.75) is 30.4 Å². The Morgan fingerprint density at radius 3 is 2.17 bits per heavy atom. The number of benzene rings is 1. The van der Waals surface area contributed by atoms with Gasteiger partial charge in [-0.05, 0) is 50.3 Å². The molecule has 0 spiro atoms. The molecule has 6 nitrogen and oxygen atoms in total. The number of H-pyrrole nitrogens is 1. The highest BCUT2D eigenvalue weighted by Crippen LogP contribution is 2.26. The predicted molar refractivity (Wildman–Crippen MR) is 66.6 cm³/mol. The van der Waals surface area contributed by atoms with E-state index in [2.05, 4.69) is 20.6 Å². The maximum atomic E-state index is 12.2. The largest absolute Gasteiger partial charge is 0.223 e. The van der Waals surface area contributed by atoms with E-state index < -0.39 is 14.6 Å². The minimum atomic E-state index is -3.33. The molecule has 0 atom stereocenters. The molecule has 0 bridgehead atoms. The summed E-state index contributed by atoms with van der Waals surface area (Å²) in [5.74, 6) is 0.440. The zero-order valence-electron chi connectivity index (χ0n) is 10.4. The van der Waals surface area contributed by atoms with E-state index in [0.717, 1.165) is 5.56 Å². The number of aromatic amines is 1. The first-order valence-corrected chi connectivity index (χ1v) is 6.89. The van der Waals surface area contributed by atoms with Gasteiger partial charge in [0.1, 0.15) is 0 Å². The Hall–Kier alpha value is -1.76. The van der Waals surface area contributed by atoms with Crippen molar-refractivity contribution in [3.8, 4) is 11.4 Å². The first kappa shape index (κ1) is 12.7. The van der Waals surface area contributed by atoms with Crippen LogP contribution in [0.4, 0.5) is 0 Å². The lowest BCUT2D eigenvalue weighted by atomic mass is 10.2. The van der Waals surface area contributed by atoms with Crippen LogP contribution in [-0.4, -0.2) is 33.8 Å². The molecule has 0 saturated heterocycles. The van der Waals surface area contributed by atoms with Gasteiger partial charge < -0.3 is 0 Å². The Labute approximate surface area is 105 Å². The van der Waals surface area contributed by atoms with Crippen LogP contribution in [0.5, 0.6) is 0 Å². The van der Waals surface area contributed by atoms with Gasteiger partial charge in [-0.25, -0.2) is 8.42 Å². The standard InChI is InChI=1S/C11H14N4O2S/c1-11(2,3)18(16,17)9-6-4-8(5-7-9)10-12-14-15-13-10/h4-7H,1-3H3,(H,12,13,14,15). The first-order chi connectivity index (χ1) is 8.32. The van der Waals surface area contributed by atoms with Crippen molar-refractivity contribution in [2.24, 2.45) is 0 Å². The third-order valence-electron chi connectivity index (χ3n) is 2.57. The average molecular weight is 266 g/mol. The predicted octanol–water partition coefficient (Wildman–Crippen LogP) is 1.44. The number of nitrogens with zero attached hydrogens (tertiary/aromatic N) is 3. The number of rotatable bonds is 2. The van der Waals surface area contributed by atoms with Gasteiger partial charge >= 0.3 is 0 Å². The van der Waals surface area contributed by atoms with Crippen molar-refractivity contribution < 1.29 is 8.42 Å². The lowest BCUT2D eigenvalue weighted by Crippen LogP contribution is -2.27. The molecular formula is C11H14N4O2S. The van der Waals surface area contributed by atoms with Gasteiger partial charge in [-0.1, -0.05) is 0 Å². The maximum absolute atomic E-state index is 12.2. The quantitative estimate of drug-likeness (QED) is 0.888. The fourth-order valence-electron chi connectivity index (χ4n) is 1.42. The number of nitrogens with one attached hydrogen (secondary N) is 1. The second kappa shape index (κ2) is 4.16. The summed E-state index contributed by atoms with van der Waals surface area (Å²) in [7, 11) is -3.33. The molecule has 0 saturated carbocycles. The number of sulfone groups is 1. The molecule has 0 aliphatic heterocycles. The Morgan fingerprint density at radius 1 is 1.11 bits per heavy atom. The van der Waals surface area contributed by atoms with Crippen molar-refractivity contribution >= 4 is 9.84 Å². The van der Waals surface area contributed by atoms with Gasteiger partial charge in [-0.15, -0.1) is 10.2 Å². The smallest absolute Gasteiger partial charge is 0.204 e. The molecule has 0 aliphatic rings. The van der Waals surface area contributed by atoms with E-state index in [1.54, 1.807) is 45.0 Å². The molecular weight excluding hydrogens is 252 g/mol. The molecule has 0 radical (unpaired) electrons. The van der Waals surface area contributed by atoms with E-state index in [0.29, 0.717) is 10.7 Å². The molecule has 0 aliphatic carbocycles. The summed E-state index contributed by atoms with van der Waals surface area (Å²) in [6.45, 7) is 5.03. The maximum Gasteiger partial charge on any atom is 0.204 e. The molecule has 18 heavy (non-hydrogen) atoms. The van der Waals surface area contributed by atoms with E-state index >= 15 is 0 Å². The number of aromatic nitrogens is 4. The lowest BCUT2D eigenvalue weighted by molar-refractivity contribution is 0.560. The van der Waals surface area contributed by atoms with Crippen molar-refractivity contribution in [3.05, 3.63) is 24.3 Å². The molecule has 1 aromatic heterocycles. The van der Waals surface area contributed by atoms with Gasteiger partial charge in [0.25, 0.3) is 0 Å². The van der Waals surface area contributed by atoms with Crippen molar-refractivity contribution in [1.29, 1.82) is 0 Å². The normalized spacial score (nSPS) is 12.6. The summed E-state index contributed by atoms with van der Waals surface area (Å²) < 4.78 is 23.6. The van der Waals surface area contributed by atoms with E-state index in [4.69, 9.17) is 0 Å². The van der Waals surface area contributed by atoms with E-state index in [-0.39, 0.29) is 0 Å². The molecule has 0 amide bonds. The minimum Gasteiger partial charge on any atom is -0.223 e. The third-order valence-corrected chi connectivity index (χ3v) is 5.08. The first-order valence-electron chi connectivity index (χ1n) is 5.41. The Morgan fingerprint density at radius 2 is 1.72 bits per heavy atom. The summed E-state index contributed by atoms with van der Waals surface area (Å²) in [5.41, 5.74) is 0.719. The number of hydrogen-bond donors (Lipinski definition) is 1. The average Bonchev–Trinajstić information content (AvgIpc) is 2.81. The number of tetrazole rings is 1. The SMILES string of the molecule is CC(C)(C)S(=O)(=O)c1ccc(-c2nn[nH]n2)cc1. The van der Waals surface area contributed by atoms with Crippen LogP contribution in [0.3, 0.4) is 0 Å². The number of hydrogen-bond acceptors (Lipinski definition) is 5. The van der Waals surface area contributed by atoms with Crippen molar-refractivity contribution in [2.75, 3.05) is 0 Å². The summed E-state index contributed by atoms with van der Waals surface area (Å²) in [6.07, 6.45) is 0. The van der Waals surface area contributed by atoms with Crippen LogP contribution in [0.15, 0.2) is 29.2 Å². The Bertz CT molecular complexity index is 625. The zero-order chi connectivity index (χ0) is 13.4. The van der Waals surface area contributed by atoms with Crippen LogP contribution >= 0.6 is 0 Å². The Balaban J connectivity index is 2.40. The zero-order valence-corrected chi connectivity index (χ0v) is 11.2. The molecule has 1 aromatic carbocycles. The summed E-state index contributed by atoms with van der Waals surface area (Å²) in [5, 5.41) is 13.5. The molecule has 7 heteroatoms. The van der Waals surface area contributed by atoms with Crippen LogP contribution in [0.2, 0.25) is 0 Å². The van der Waals surface area contributed by atoms with Gasteiger partial charge in [0.2, 0.25) is 5.82 Å². The molecule has 1 N–H and O–H groups in total. The van der Waals surface area contributed by atoms with Crippen molar-refractivity contribution in [1.82, 2.24) is 20.6 Å². The van der Waals surface area contributed by atoms with E-state index in [1.807, 2.05) is 0 Å². The highest BCUT2D eigenvalue weighted by Gasteiger charge is 2.30. The van der Waals surface area contributed by atoms with Gasteiger partial charge in [-0.3, -0.25) is 0 Å². The molecule has 96 valence electrons. The van der Waals surface area contributed by atoms with E-state index in [1.165, 1.54) is 0 Å². The topological polar surface area (TPSA) is 88.6 Å². The lowest BCUT2D eigenvalue weighted by Gasteiger charge is -2.19. The molecule has 2 rings (SSSR count). The van der Waals surface area contributed by atoms with Crippen LogP contribution in [0.25, 0.3) is 11.4 Å². The molecule has 2 aromatic rings. The monoisotopic (exact) mass is 266 g/mol. The highest BCUT2D eigenvalue weighted by atomic mass is 32.2. The van der Waals surface area contributed by atoms with Gasteiger partial charge in [-0.2, -0.15) is 5.21 Å². The van der Waals surface area contributed by atoms with Gasteiger partial charge in [0.05, 0.1) is 9.64 Å². The summed E-state index contributed by atoms with van der Waals surface area (Å²) in [4.78, 5) is 0.294. The molecule has 1 heterocycles. The summed E-state index contributed by atoms with van der Waals surface area (Å²) >= 11 is 0. The second-order valence-electron chi connectivity index (χ2n) is 4.88. The van der Waals surface area contributed by atoms with Crippen LogP contribution in [0, 0.1) is 0 Å².